The van der Waals surface area contributed by atoms with Crippen LogP contribution in [0.3, 0.4) is 0 Å². The van der Waals surface area contributed by atoms with Crippen LogP contribution in [0.2, 0.25) is 0 Å². The van der Waals surface area contributed by atoms with Gasteiger partial charge in [-0.25, -0.2) is 8.42 Å². The Kier molecular flexibility index (Phi) is 5.58. The van der Waals surface area contributed by atoms with Gasteiger partial charge in [0.05, 0.1) is 55.1 Å². The third-order valence-corrected chi connectivity index (χ3v) is 6.24. The molecule has 1 aliphatic rings. The summed E-state index contributed by atoms with van der Waals surface area (Å²) < 4.78 is 67.5. The summed E-state index contributed by atoms with van der Waals surface area (Å²) in [5.74, 6) is 0. The normalized spacial score (nSPS) is 16.2. The second kappa shape index (κ2) is 7.63. The highest BCUT2D eigenvalue weighted by Gasteiger charge is 2.32. The van der Waals surface area contributed by atoms with Crippen molar-refractivity contribution >= 4 is 21.4 Å². The van der Waals surface area contributed by atoms with Gasteiger partial charge in [0.1, 0.15) is 0 Å². The molecule has 2 aromatic rings. The summed E-state index contributed by atoms with van der Waals surface area (Å²) in [7, 11) is -1.97. The molecule has 0 aromatic heterocycles. The van der Waals surface area contributed by atoms with E-state index in [1.54, 1.807) is 12.1 Å². The van der Waals surface area contributed by atoms with E-state index in [4.69, 9.17) is 0 Å². The zero-order chi connectivity index (χ0) is 20.5. The van der Waals surface area contributed by atoms with Gasteiger partial charge in [-0.15, -0.1) is 0 Å². The molecule has 0 spiro atoms. The number of sulfonamides is 1. The number of piperazine rings is 1. The molecule has 1 fully saturated rings. The SMILES string of the molecule is Cc1ccc(S(=O)(=O)Nc2cc(C(F)(F)F)ccc2N2CC[NH+](C)CC2)cc1. The molecule has 1 heterocycles. The molecule has 0 saturated carbocycles. The lowest BCUT2D eigenvalue weighted by Gasteiger charge is -2.33. The Morgan fingerprint density at radius 2 is 1.64 bits per heavy atom. The Hall–Kier alpha value is -2.26. The number of nitrogens with zero attached hydrogens (tertiary/aromatic N) is 1. The van der Waals surface area contributed by atoms with Gasteiger partial charge in [0.25, 0.3) is 10.0 Å². The van der Waals surface area contributed by atoms with E-state index < -0.39 is 21.8 Å². The quantitative estimate of drug-likeness (QED) is 0.806. The lowest BCUT2D eigenvalue weighted by Crippen LogP contribution is -3.12. The van der Waals surface area contributed by atoms with Gasteiger partial charge in [-0.3, -0.25) is 4.72 Å². The summed E-state index contributed by atoms with van der Waals surface area (Å²) in [6.07, 6.45) is -4.56. The monoisotopic (exact) mass is 414 g/mol. The van der Waals surface area contributed by atoms with Crippen LogP contribution in [0, 0.1) is 6.92 Å². The molecule has 28 heavy (non-hydrogen) atoms. The van der Waals surface area contributed by atoms with E-state index in [-0.39, 0.29) is 10.6 Å². The lowest BCUT2D eigenvalue weighted by atomic mass is 10.1. The Morgan fingerprint density at radius 3 is 2.21 bits per heavy atom. The van der Waals surface area contributed by atoms with Gasteiger partial charge >= 0.3 is 6.18 Å². The van der Waals surface area contributed by atoms with Gasteiger partial charge in [0.2, 0.25) is 0 Å². The molecule has 2 aromatic carbocycles. The molecule has 1 aliphatic heterocycles. The first-order valence-electron chi connectivity index (χ1n) is 8.93. The predicted octanol–water partition coefficient (Wildman–Crippen LogP) is 2.15. The molecule has 152 valence electrons. The van der Waals surface area contributed by atoms with Crippen LogP contribution in [-0.2, 0) is 16.2 Å². The van der Waals surface area contributed by atoms with E-state index in [1.165, 1.54) is 23.1 Å². The van der Waals surface area contributed by atoms with Gasteiger partial charge in [-0.1, -0.05) is 17.7 Å². The summed E-state index contributed by atoms with van der Waals surface area (Å²) in [4.78, 5) is 3.24. The fraction of sp³-hybridized carbons (Fsp3) is 0.368. The van der Waals surface area contributed by atoms with Crippen LogP contribution in [0.4, 0.5) is 24.5 Å². The standard InChI is InChI=1S/C19H22F3N3O2S/c1-14-3-6-16(7-4-14)28(26,27)23-17-13-15(19(20,21)22)5-8-18(17)25-11-9-24(2)10-12-25/h3-8,13,23H,9-12H2,1-2H3/p+1. The van der Waals surface area contributed by atoms with E-state index in [9.17, 15) is 21.6 Å². The maximum absolute atomic E-state index is 13.2. The van der Waals surface area contributed by atoms with E-state index in [0.29, 0.717) is 18.8 Å². The highest BCUT2D eigenvalue weighted by molar-refractivity contribution is 7.92. The number of hydrogen-bond acceptors (Lipinski definition) is 3. The van der Waals surface area contributed by atoms with Crippen LogP contribution in [0.1, 0.15) is 11.1 Å². The third kappa shape index (κ3) is 4.59. The number of alkyl halides is 3. The zero-order valence-corrected chi connectivity index (χ0v) is 16.5. The van der Waals surface area contributed by atoms with Crippen molar-refractivity contribution in [1.82, 2.24) is 0 Å². The van der Waals surface area contributed by atoms with Gasteiger partial charge in [-0.2, -0.15) is 13.2 Å². The van der Waals surface area contributed by atoms with Crippen molar-refractivity contribution in [2.75, 3.05) is 42.8 Å². The van der Waals surface area contributed by atoms with Crippen molar-refractivity contribution in [3.63, 3.8) is 0 Å². The molecule has 0 radical (unpaired) electrons. The lowest BCUT2D eigenvalue weighted by molar-refractivity contribution is -0.880. The van der Waals surface area contributed by atoms with Crippen LogP contribution in [-0.4, -0.2) is 41.6 Å². The minimum atomic E-state index is -4.56. The van der Waals surface area contributed by atoms with Crippen molar-refractivity contribution in [1.29, 1.82) is 0 Å². The van der Waals surface area contributed by atoms with E-state index in [1.807, 2.05) is 18.9 Å². The maximum Gasteiger partial charge on any atom is 0.416 e. The minimum Gasteiger partial charge on any atom is -0.359 e. The first-order valence-corrected chi connectivity index (χ1v) is 10.4. The molecule has 1 saturated heterocycles. The summed E-state index contributed by atoms with van der Waals surface area (Å²) >= 11 is 0. The van der Waals surface area contributed by atoms with Gasteiger partial charge in [0.15, 0.2) is 0 Å². The van der Waals surface area contributed by atoms with Crippen LogP contribution < -0.4 is 14.5 Å². The van der Waals surface area contributed by atoms with Gasteiger partial charge in [0, 0.05) is 0 Å². The average Bonchev–Trinajstić information content (AvgIpc) is 2.62. The largest absolute Gasteiger partial charge is 0.416 e. The van der Waals surface area contributed by atoms with Crippen LogP contribution >= 0.6 is 0 Å². The molecule has 2 N–H and O–H groups in total. The third-order valence-electron chi connectivity index (χ3n) is 4.86. The van der Waals surface area contributed by atoms with E-state index in [2.05, 4.69) is 4.72 Å². The number of hydrogen-bond donors (Lipinski definition) is 2. The van der Waals surface area contributed by atoms with Crippen molar-refractivity contribution < 1.29 is 26.5 Å². The molecule has 0 unspecified atom stereocenters. The average molecular weight is 414 g/mol. The maximum atomic E-state index is 13.2. The van der Waals surface area contributed by atoms with Crippen LogP contribution in [0.25, 0.3) is 0 Å². The number of benzene rings is 2. The molecule has 5 nitrogen and oxygen atoms in total. The summed E-state index contributed by atoms with van der Waals surface area (Å²) in [5, 5.41) is 0. The first kappa shape index (κ1) is 20.5. The van der Waals surface area contributed by atoms with Crippen molar-refractivity contribution in [2.45, 2.75) is 18.0 Å². The fourth-order valence-corrected chi connectivity index (χ4v) is 4.19. The van der Waals surface area contributed by atoms with Crippen molar-refractivity contribution in [2.24, 2.45) is 0 Å². The van der Waals surface area contributed by atoms with Crippen LogP contribution in [0.15, 0.2) is 47.4 Å². The Bertz CT molecular complexity index is 936. The van der Waals surface area contributed by atoms with Gasteiger partial charge < -0.3 is 9.80 Å². The van der Waals surface area contributed by atoms with Crippen molar-refractivity contribution in [3.8, 4) is 0 Å². The molecule has 0 bridgehead atoms. The number of halogens is 3. The zero-order valence-electron chi connectivity index (χ0n) is 15.7. The minimum absolute atomic E-state index is 0.00397. The molecule has 0 amide bonds. The number of anilines is 2. The van der Waals surface area contributed by atoms with Crippen molar-refractivity contribution in [3.05, 3.63) is 53.6 Å². The molecule has 0 atom stereocenters. The number of nitrogens with one attached hydrogen (secondary N) is 2. The number of rotatable bonds is 4. The summed E-state index contributed by atoms with van der Waals surface area (Å²) in [5.41, 5.74) is 0.391. The summed E-state index contributed by atoms with van der Waals surface area (Å²) in [6, 6.07) is 9.36. The Labute approximate surface area is 162 Å². The van der Waals surface area contributed by atoms with E-state index in [0.717, 1.165) is 30.8 Å². The Balaban J connectivity index is 1.99. The molecule has 0 aliphatic carbocycles. The molecular formula is C19H23F3N3O2S+. The highest BCUT2D eigenvalue weighted by Crippen LogP contribution is 2.36. The second-order valence-corrected chi connectivity index (χ2v) is 8.77. The smallest absolute Gasteiger partial charge is 0.359 e. The highest BCUT2D eigenvalue weighted by atomic mass is 32.2. The molecule has 9 heteroatoms. The number of aryl methyl sites for hydroxylation is 1. The first-order chi connectivity index (χ1) is 13.1. The van der Waals surface area contributed by atoms with Gasteiger partial charge in [-0.05, 0) is 37.3 Å². The summed E-state index contributed by atoms with van der Waals surface area (Å²) in [6.45, 7) is 4.74. The molecule has 3 rings (SSSR count). The predicted molar refractivity (Wildman–Crippen MR) is 102 cm³/mol. The number of quaternary nitrogens is 1. The number of likely N-dealkylation sites (N-methyl/N-ethyl adjacent to an activating group) is 1. The van der Waals surface area contributed by atoms with Crippen LogP contribution in [0.5, 0.6) is 0 Å². The fourth-order valence-electron chi connectivity index (χ4n) is 3.12. The Morgan fingerprint density at radius 1 is 1.04 bits per heavy atom. The second-order valence-electron chi connectivity index (χ2n) is 7.09. The molecular weight excluding hydrogens is 391 g/mol. The van der Waals surface area contributed by atoms with E-state index >= 15 is 0 Å². The topological polar surface area (TPSA) is 53.9 Å².